The number of hydrogen-bond donors (Lipinski definition) is 1. The molecule has 0 saturated heterocycles. The number of anilines is 1. The largest absolute Gasteiger partial charge is 0.490 e. The van der Waals surface area contributed by atoms with E-state index in [2.05, 4.69) is 15.0 Å². The van der Waals surface area contributed by atoms with Gasteiger partial charge in [0.1, 0.15) is 6.61 Å². The van der Waals surface area contributed by atoms with Crippen molar-refractivity contribution >= 4 is 17.8 Å². The average molecular weight is 459 g/mol. The minimum absolute atomic E-state index is 0.0478. The lowest BCUT2D eigenvalue weighted by Crippen LogP contribution is -2.32. The van der Waals surface area contributed by atoms with Crippen LogP contribution in [0.15, 0.2) is 24.8 Å². The van der Waals surface area contributed by atoms with Crippen LogP contribution >= 0.6 is 0 Å². The van der Waals surface area contributed by atoms with Crippen molar-refractivity contribution < 1.29 is 37.0 Å². The lowest BCUT2D eigenvalue weighted by Gasteiger charge is -2.29. The molecule has 0 fully saturated rings. The van der Waals surface area contributed by atoms with Gasteiger partial charge in [-0.05, 0) is 23.1 Å². The van der Waals surface area contributed by atoms with Gasteiger partial charge in [0.25, 0.3) is 0 Å². The van der Waals surface area contributed by atoms with Gasteiger partial charge in [-0.1, -0.05) is 0 Å². The highest BCUT2D eigenvalue weighted by molar-refractivity contribution is 5.76. The third kappa shape index (κ3) is 7.11. The Balaban J connectivity index is 0.000000451. The number of aliphatic carboxylic acids is 1. The molecule has 1 aliphatic heterocycles. The summed E-state index contributed by atoms with van der Waals surface area (Å²) in [6.45, 7) is 1.74. The summed E-state index contributed by atoms with van der Waals surface area (Å²) in [5, 5.41) is 7.12. The van der Waals surface area contributed by atoms with Crippen LogP contribution < -0.4 is 4.90 Å². The maximum Gasteiger partial charge on any atom is 0.490 e. The predicted molar refractivity (Wildman–Crippen MR) is 103 cm³/mol. The zero-order valence-electron chi connectivity index (χ0n) is 17.3. The second-order valence-electron chi connectivity index (χ2n) is 6.89. The molecule has 32 heavy (non-hydrogen) atoms. The smallest absolute Gasteiger partial charge is 0.475 e. The Morgan fingerprint density at radius 3 is 2.38 bits per heavy atom. The van der Waals surface area contributed by atoms with Gasteiger partial charge in [0.15, 0.2) is 5.82 Å². The van der Waals surface area contributed by atoms with E-state index in [1.807, 2.05) is 11.1 Å². The van der Waals surface area contributed by atoms with E-state index >= 15 is 0 Å². The summed E-state index contributed by atoms with van der Waals surface area (Å²) in [6, 6.07) is 0. The van der Waals surface area contributed by atoms with Crippen molar-refractivity contribution in [2.24, 2.45) is 0 Å². The number of likely N-dealkylation sites (N-methyl/N-ethyl adjacent to an activating group) is 1. The SMILES string of the molecule is CN(C)C(=O)COCc1cncc2c1CCN(c1ncc(F)cn1)C2.O=C(O)C(F)(F)F. The molecule has 2 aromatic heterocycles. The minimum Gasteiger partial charge on any atom is -0.475 e. The van der Waals surface area contributed by atoms with Crippen LogP contribution in [0.4, 0.5) is 23.5 Å². The number of carboxylic acid groups (broad SMARTS) is 1. The van der Waals surface area contributed by atoms with Gasteiger partial charge < -0.3 is 19.6 Å². The Morgan fingerprint density at radius 1 is 1.19 bits per heavy atom. The van der Waals surface area contributed by atoms with E-state index < -0.39 is 18.0 Å². The van der Waals surface area contributed by atoms with E-state index in [1.165, 1.54) is 22.9 Å². The Labute approximate surface area is 180 Å². The summed E-state index contributed by atoms with van der Waals surface area (Å²) in [5.74, 6) is -2.77. The third-order valence-electron chi connectivity index (χ3n) is 4.34. The number of nitrogens with zero attached hydrogens (tertiary/aromatic N) is 5. The second-order valence-corrected chi connectivity index (χ2v) is 6.89. The molecule has 0 saturated carbocycles. The molecule has 0 aliphatic carbocycles. The molecule has 1 aliphatic rings. The summed E-state index contributed by atoms with van der Waals surface area (Å²) >= 11 is 0. The highest BCUT2D eigenvalue weighted by Gasteiger charge is 2.38. The number of carboxylic acids is 1. The lowest BCUT2D eigenvalue weighted by atomic mass is 9.98. The molecule has 9 nitrogen and oxygen atoms in total. The molecule has 0 unspecified atom stereocenters. The normalized spacial score (nSPS) is 13.0. The molecule has 1 amide bonds. The average Bonchev–Trinajstić information content (AvgIpc) is 2.73. The van der Waals surface area contributed by atoms with Gasteiger partial charge >= 0.3 is 12.1 Å². The highest BCUT2D eigenvalue weighted by Crippen LogP contribution is 2.24. The van der Waals surface area contributed by atoms with E-state index in [1.54, 1.807) is 20.3 Å². The van der Waals surface area contributed by atoms with Crippen molar-refractivity contribution in [2.75, 3.05) is 32.1 Å². The number of aromatic nitrogens is 3. The molecule has 3 heterocycles. The molecule has 0 spiro atoms. The number of ether oxygens (including phenoxy) is 1. The first-order valence-electron chi connectivity index (χ1n) is 9.24. The molecule has 1 N–H and O–H groups in total. The lowest BCUT2D eigenvalue weighted by molar-refractivity contribution is -0.192. The van der Waals surface area contributed by atoms with E-state index in [-0.39, 0.29) is 12.5 Å². The van der Waals surface area contributed by atoms with Crippen LogP contribution in [0.3, 0.4) is 0 Å². The quantitative estimate of drug-likeness (QED) is 0.675. The van der Waals surface area contributed by atoms with Gasteiger partial charge in [-0.3, -0.25) is 9.78 Å². The number of halogens is 4. The second kappa shape index (κ2) is 10.8. The third-order valence-corrected chi connectivity index (χ3v) is 4.34. The van der Waals surface area contributed by atoms with Crippen LogP contribution in [0.25, 0.3) is 0 Å². The summed E-state index contributed by atoms with van der Waals surface area (Å²) in [6.07, 6.45) is 1.64. The molecule has 13 heteroatoms. The maximum atomic E-state index is 13.0. The van der Waals surface area contributed by atoms with Gasteiger partial charge in [0, 0.05) is 39.6 Å². The first kappa shape index (κ1) is 24.9. The van der Waals surface area contributed by atoms with Crippen molar-refractivity contribution in [3.05, 3.63) is 47.3 Å². The van der Waals surface area contributed by atoms with Crippen molar-refractivity contribution in [3.8, 4) is 0 Å². The van der Waals surface area contributed by atoms with Gasteiger partial charge in [-0.2, -0.15) is 13.2 Å². The van der Waals surface area contributed by atoms with E-state index in [0.717, 1.165) is 24.1 Å². The van der Waals surface area contributed by atoms with Gasteiger partial charge in [-0.25, -0.2) is 19.2 Å². The standard InChI is InChI=1S/C17H20FN5O2.C2HF3O2/c1-22(2)16(24)11-25-10-13-6-19-5-12-9-23(4-3-15(12)13)17-20-7-14(18)8-21-17;3-2(4,5)1(6)7/h5-8H,3-4,9-11H2,1-2H3;(H,6,7). The van der Waals surface area contributed by atoms with E-state index in [4.69, 9.17) is 14.6 Å². The molecule has 3 rings (SSSR count). The Morgan fingerprint density at radius 2 is 1.81 bits per heavy atom. The number of fused-ring (bicyclic) bond motifs is 1. The fraction of sp³-hybridized carbons (Fsp3) is 0.421. The number of amides is 1. The number of carbonyl (C=O) groups excluding carboxylic acids is 1. The van der Waals surface area contributed by atoms with Gasteiger partial charge in [0.05, 0.1) is 19.0 Å². The van der Waals surface area contributed by atoms with Crippen LogP contribution in [0.2, 0.25) is 0 Å². The molecular weight excluding hydrogens is 438 g/mol. The molecule has 0 bridgehead atoms. The first-order valence-corrected chi connectivity index (χ1v) is 9.24. The Kier molecular flexibility index (Phi) is 8.41. The summed E-state index contributed by atoms with van der Waals surface area (Å²) in [7, 11) is 3.40. The number of alkyl halides is 3. The number of rotatable bonds is 5. The summed E-state index contributed by atoms with van der Waals surface area (Å²) < 4.78 is 50.2. The summed E-state index contributed by atoms with van der Waals surface area (Å²) in [4.78, 5) is 36.3. The van der Waals surface area contributed by atoms with Crippen LogP contribution in [-0.4, -0.2) is 70.3 Å². The zero-order chi connectivity index (χ0) is 23.9. The van der Waals surface area contributed by atoms with E-state index in [9.17, 15) is 22.4 Å². The number of hydrogen-bond acceptors (Lipinski definition) is 7. The molecule has 0 radical (unpaired) electrons. The Bertz CT molecular complexity index is 938. The Hall–Kier alpha value is -3.35. The monoisotopic (exact) mass is 459 g/mol. The first-order chi connectivity index (χ1) is 15.0. The predicted octanol–water partition coefficient (Wildman–Crippen LogP) is 1.81. The van der Waals surface area contributed by atoms with Crippen LogP contribution in [0, 0.1) is 5.82 Å². The zero-order valence-corrected chi connectivity index (χ0v) is 17.3. The minimum atomic E-state index is -5.08. The highest BCUT2D eigenvalue weighted by atomic mass is 19.4. The topological polar surface area (TPSA) is 109 Å². The molecule has 2 aromatic rings. The fourth-order valence-electron chi connectivity index (χ4n) is 2.71. The van der Waals surface area contributed by atoms with Crippen molar-refractivity contribution in [1.29, 1.82) is 0 Å². The van der Waals surface area contributed by atoms with Gasteiger partial charge in [0.2, 0.25) is 11.9 Å². The number of pyridine rings is 1. The molecule has 0 aromatic carbocycles. The van der Waals surface area contributed by atoms with Crippen LogP contribution in [0.5, 0.6) is 0 Å². The fourth-order valence-corrected chi connectivity index (χ4v) is 2.71. The van der Waals surface area contributed by atoms with Gasteiger partial charge in [-0.15, -0.1) is 0 Å². The summed E-state index contributed by atoms with van der Waals surface area (Å²) in [5.41, 5.74) is 3.24. The molecule has 0 atom stereocenters. The van der Waals surface area contributed by atoms with Crippen molar-refractivity contribution in [1.82, 2.24) is 19.9 Å². The van der Waals surface area contributed by atoms with Crippen molar-refractivity contribution in [2.45, 2.75) is 25.7 Å². The molecular formula is C19H21F4N5O4. The van der Waals surface area contributed by atoms with E-state index in [0.29, 0.717) is 19.1 Å². The maximum absolute atomic E-state index is 13.0. The van der Waals surface area contributed by atoms with Crippen LogP contribution in [-0.2, 0) is 33.9 Å². The van der Waals surface area contributed by atoms with Crippen LogP contribution in [0.1, 0.15) is 16.7 Å². The number of carbonyl (C=O) groups is 2. The molecule has 174 valence electrons. The van der Waals surface area contributed by atoms with Crippen molar-refractivity contribution in [3.63, 3.8) is 0 Å².